The van der Waals surface area contributed by atoms with Gasteiger partial charge in [-0.05, 0) is 71.3 Å². The van der Waals surface area contributed by atoms with Gasteiger partial charge in [0, 0.05) is 33.4 Å². The third kappa shape index (κ3) is 5.16. The third-order valence-corrected chi connectivity index (χ3v) is 8.60. The van der Waals surface area contributed by atoms with Gasteiger partial charge < -0.3 is 9.47 Å². The van der Waals surface area contributed by atoms with Gasteiger partial charge in [-0.25, -0.2) is 0 Å². The molecule has 8 rings (SSSR count). The molecular formula is C44H32N2. The van der Waals surface area contributed by atoms with Gasteiger partial charge in [-0.3, -0.25) is 0 Å². The van der Waals surface area contributed by atoms with E-state index in [4.69, 9.17) is 0 Å². The van der Waals surface area contributed by atoms with Crippen LogP contribution in [0.4, 0.5) is 17.1 Å². The van der Waals surface area contributed by atoms with Gasteiger partial charge in [0.05, 0.1) is 16.7 Å². The standard InChI is InChI=1S/C44H32N2/c1-3-13-33(14-4-1)23-24-34-25-27-36(28-26-34)45(42-20-10-7-17-39(42)35-15-5-2-6-16-35)37-29-31-38(32-30-37)46-43-21-11-8-18-40(43)41-19-9-12-22-44(41)46/h1-32H. The average Bonchev–Trinajstić information content (AvgIpc) is 3.47. The van der Waals surface area contributed by atoms with E-state index >= 15 is 0 Å². The first-order valence-electron chi connectivity index (χ1n) is 15.7. The highest BCUT2D eigenvalue weighted by Crippen LogP contribution is 2.41. The fourth-order valence-electron chi connectivity index (χ4n) is 6.40. The molecule has 0 bridgehead atoms. The molecule has 46 heavy (non-hydrogen) atoms. The van der Waals surface area contributed by atoms with Crippen molar-refractivity contribution in [1.82, 2.24) is 4.57 Å². The van der Waals surface area contributed by atoms with Crippen LogP contribution in [0.2, 0.25) is 0 Å². The number of nitrogens with zero attached hydrogens (tertiary/aromatic N) is 2. The number of hydrogen-bond donors (Lipinski definition) is 0. The van der Waals surface area contributed by atoms with E-state index in [0.29, 0.717) is 0 Å². The largest absolute Gasteiger partial charge is 0.310 e. The smallest absolute Gasteiger partial charge is 0.0541 e. The van der Waals surface area contributed by atoms with Gasteiger partial charge in [0.2, 0.25) is 0 Å². The van der Waals surface area contributed by atoms with Crippen molar-refractivity contribution in [2.24, 2.45) is 0 Å². The van der Waals surface area contributed by atoms with Crippen LogP contribution in [-0.2, 0) is 0 Å². The molecule has 0 atom stereocenters. The van der Waals surface area contributed by atoms with E-state index in [9.17, 15) is 0 Å². The zero-order valence-electron chi connectivity index (χ0n) is 25.4. The monoisotopic (exact) mass is 588 g/mol. The molecule has 0 aliphatic carbocycles. The van der Waals surface area contributed by atoms with Gasteiger partial charge in [0.1, 0.15) is 0 Å². The Morgan fingerprint density at radius 2 is 0.870 bits per heavy atom. The fourth-order valence-corrected chi connectivity index (χ4v) is 6.40. The Hall–Kier alpha value is -6.12. The van der Waals surface area contributed by atoms with Crippen LogP contribution < -0.4 is 4.90 Å². The van der Waals surface area contributed by atoms with E-state index in [1.807, 2.05) is 6.07 Å². The minimum atomic E-state index is 1.10. The van der Waals surface area contributed by atoms with Crippen LogP contribution in [0.1, 0.15) is 11.1 Å². The molecular weight excluding hydrogens is 556 g/mol. The lowest BCUT2D eigenvalue weighted by Gasteiger charge is -2.28. The summed E-state index contributed by atoms with van der Waals surface area (Å²) in [6, 6.07) is 64.8. The Balaban J connectivity index is 1.23. The summed E-state index contributed by atoms with van der Waals surface area (Å²) in [6.45, 7) is 0. The highest BCUT2D eigenvalue weighted by molar-refractivity contribution is 6.09. The van der Waals surface area contributed by atoms with Crippen LogP contribution in [0.15, 0.2) is 182 Å². The highest BCUT2D eigenvalue weighted by Gasteiger charge is 2.18. The summed E-state index contributed by atoms with van der Waals surface area (Å²) >= 11 is 0. The molecule has 0 N–H and O–H groups in total. The summed E-state index contributed by atoms with van der Waals surface area (Å²) in [5, 5.41) is 2.53. The lowest BCUT2D eigenvalue weighted by atomic mass is 10.0. The number of rotatable bonds is 7. The molecule has 2 heteroatoms. The Kier molecular flexibility index (Phi) is 7.22. The summed E-state index contributed by atoms with van der Waals surface area (Å²) in [5.74, 6) is 0. The van der Waals surface area contributed by atoms with Crippen LogP contribution in [-0.4, -0.2) is 4.57 Å². The van der Waals surface area contributed by atoms with E-state index in [2.05, 4.69) is 198 Å². The lowest BCUT2D eigenvalue weighted by molar-refractivity contribution is 1.17. The predicted octanol–water partition coefficient (Wildman–Crippen LogP) is 12.1. The summed E-state index contributed by atoms with van der Waals surface area (Å²) in [6.07, 6.45) is 4.33. The number of fused-ring (bicyclic) bond motifs is 3. The topological polar surface area (TPSA) is 8.17 Å². The van der Waals surface area contributed by atoms with Crippen LogP contribution in [0, 0.1) is 0 Å². The molecule has 8 aromatic rings. The summed E-state index contributed by atoms with van der Waals surface area (Å²) < 4.78 is 2.37. The van der Waals surface area contributed by atoms with E-state index in [-0.39, 0.29) is 0 Å². The van der Waals surface area contributed by atoms with Crippen molar-refractivity contribution >= 4 is 51.0 Å². The molecule has 0 saturated heterocycles. The van der Waals surface area contributed by atoms with Crippen molar-refractivity contribution in [1.29, 1.82) is 0 Å². The lowest BCUT2D eigenvalue weighted by Crippen LogP contribution is -2.11. The quantitative estimate of drug-likeness (QED) is 0.168. The zero-order valence-corrected chi connectivity index (χ0v) is 25.4. The van der Waals surface area contributed by atoms with Gasteiger partial charge in [-0.15, -0.1) is 0 Å². The second-order valence-electron chi connectivity index (χ2n) is 11.4. The Bertz CT molecular complexity index is 2220. The molecule has 0 amide bonds. The van der Waals surface area contributed by atoms with Gasteiger partial charge in [-0.1, -0.05) is 140 Å². The maximum Gasteiger partial charge on any atom is 0.0541 e. The predicted molar refractivity (Wildman–Crippen MR) is 196 cm³/mol. The first-order valence-corrected chi connectivity index (χ1v) is 15.7. The SMILES string of the molecule is C(=Cc1ccc(N(c2ccc(-n3c4ccccc4c4ccccc43)cc2)c2ccccc2-c2ccccc2)cc1)c1ccccc1. The molecule has 0 spiro atoms. The number of hydrogen-bond acceptors (Lipinski definition) is 1. The minimum absolute atomic E-state index is 1.10. The highest BCUT2D eigenvalue weighted by atomic mass is 15.1. The number of benzene rings is 7. The van der Waals surface area contributed by atoms with Gasteiger partial charge >= 0.3 is 0 Å². The van der Waals surface area contributed by atoms with E-state index in [1.54, 1.807) is 0 Å². The summed E-state index contributed by atoms with van der Waals surface area (Å²) in [7, 11) is 0. The third-order valence-electron chi connectivity index (χ3n) is 8.60. The maximum absolute atomic E-state index is 2.37. The van der Waals surface area contributed by atoms with Crippen LogP contribution in [0.25, 0.3) is 50.8 Å². The molecule has 1 heterocycles. The Morgan fingerprint density at radius 1 is 0.391 bits per heavy atom. The number of anilines is 3. The molecule has 0 unspecified atom stereocenters. The van der Waals surface area contributed by atoms with Crippen molar-refractivity contribution < 1.29 is 0 Å². The van der Waals surface area contributed by atoms with Gasteiger partial charge in [0.15, 0.2) is 0 Å². The van der Waals surface area contributed by atoms with Crippen molar-refractivity contribution in [2.45, 2.75) is 0 Å². The minimum Gasteiger partial charge on any atom is -0.310 e. The second-order valence-corrected chi connectivity index (χ2v) is 11.4. The first kappa shape index (κ1) is 27.4. The normalized spacial score (nSPS) is 11.4. The van der Waals surface area contributed by atoms with Gasteiger partial charge in [-0.2, -0.15) is 0 Å². The van der Waals surface area contributed by atoms with Crippen LogP contribution >= 0.6 is 0 Å². The molecule has 0 fully saturated rings. The van der Waals surface area contributed by atoms with E-state index in [0.717, 1.165) is 28.3 Å². The van der Waals surface area contributed by atoms with Crippen molar-refractivity contribution in [3.05, 3.63) is 193 Å². The molecule has 218 valence electrons. The average molecular weight is 589 g/mol. The molecule has 0 radical (unpaired) electrons. The van der Waals surface area contributed by atoms with Crippen molar-refractivity contribution in [2.75, 3.05) is 4.90 Å². The van der Waals surface area contributed by atoms with Crippen molar-refractivity contribution in [3.63, 3.8) is 0 Å². The van der Waals surface area contributed by atoms with Crippen molar-refractivity contribution in [3.8, 4) is 16.8 Å². The van der Waals surface area contributed by atoms with Crippen LogP contribution in [0.3, 0.4) is 0 Å². The number of aromatic nitrogens is 1. The Labute approximate surface area is 269 Å². The second kappa shape index (κ2) is 12.1. The summed E-state index contributed by atoms with van der Waals surface area (Å²) in [5.41, 5.74) is 11.6. The molecule has 0 aliphatic rings. The first-order chi connectivity index (χ1) is 22.8. The molecule has 7 aromatic carbocycles. The van der Waals surface area contributed by atoms with E-state index < -0.39 is 0 Å². The fraction of sp³-hybridized carbons (Fsp3) is 0. The molecule has 2 nitrogen and oxygen atoms in total. The zero-order chi connectivity index (χ0) is 30.7. The maximum atomic E-state index is 2.37. The summed E-state index contributed by atoms with van der Waals surface area (Å²) in [4.78, 5) is 2.36. The Morgan fingerprint density at radius 3 is 1.50 bits per heavy atom. The number of para-hydroxylation sites is 3. The molecule has 1 aromatic heterocycles. The molecule has 0 aliphatic heterocycles. The molecule has 0 saturated carbocycles. The van der Waals surface area contributed by atoms with Gasteiger partial charge in [0.25, 0.3) is 0 Å². The van der Waals surface area contributed by atoms with Crippen LogP contribution in [0.5, 0.6) is 0 Å². The van der Waals surface area contributed by atoms with E-state index in [1.165, 1.54) is 38.5 Å².